The molecule has 3 aromatic rings. The molecule has 0 spiro atoms. The molecule has 9 heteroatoms. The quantitative estimate of drug-likeness (QED) is 0.177. The molecule has 1 fully saturated rings. The zero-order valence-corrected chi connectivity index (χ0v) is 24.5. The Morgan fingerprint density at radius 3 is 2.77 bits per heavy atom. The number of methoxy groups -OCH3 is 1. The van der Waals surface area contributed by atoms with Gasteiger partial charge in [0.15, 0.2) is 5.13 Å². The van der Waals surface area contributed by atoms with Crippen molar-refractivity contribution >= 4 is 45.2 Å². The first-order valence-electron chi connectivity index (χ1n) is 13.5. The van der Waals surface area contributed by atoms with Crippen LogP contribution >= 0.6 is 11.3 Å². The van der Waals surface area contributed by atoms with Crippen LogP contribution in [0.4, 0.5) is 5.13 Å². The van der Waals surface area contributed by atoms with E-state index in [9.17, 15) is 9.59 Å². The van der Waals surface area contributed by atoms with Crippen molar-refractivity contribution in [1.82, 2.24) is 14.9 Å². The third-order valence-electron chi connectivity index (χ3n) is 7.06. The number of aromatic nitrogens is 2. The van der Waals surface area contributed by atoms with Gasteiger partial charge in [-0.2, -0.15) is 0 Å². The maximum atomic E-state index is 14.1. The lowest BCUT2D eigenvalue weighted by Crippen LogP contribution is -2.52. The van der Waals surface area contributed by atoms with Crippen LogP contribution in [0.2, 0.25) is 0 Å². The van der Waals surface area contributed by atoms with Gasteiger partial charge in [0.1, 0.15) is 18.2 Å². The van der Waals surface area contributed by atoms with E-state index in [0.717, 1.165) is 41.3 Å². The van der Waals surface area contributed by atoms with Gasteiger partial charge in [-0.25, -0.2) is 14.8 Å². The number of allylic oxidation sites excluding steroid dienone is 1. The molecular formula is C31H38N4O4S. The number of benzene rings is 1. The largest absolute Gasteiger partial charge is 0.472 e. The number of carbonyl (C=O) groups excluding carboxylic acids is 2. The lowest BCUT2D eigenvalue weighted by atomic mass is 9.85. The van der Waals surface area contributed by atoms with E-state index >= 15 is 0 Å². The van der Waals surface area contributed by atoms with E-state index in [-0.39, 0.29) is 12.5 Å². The lowest BCUT2D eigenvalue weighted by molar-refractivity contribution is -0.151. The Bertz CT molecular complexity index is 1380. The van der Waals surface area contributed by atoms with E-state index in [1.807, 2.05) is 56.5 Å². The van der Waals surface area contributed by atoms with Crippen molar-refractivity contribution in [2.75, 3.05) is 19.0 Å². The fourth-order valence-electron chi connectivity index (χ4n) is 4.88. The predicted molar refractivity (Wildman–Crippen MR) is 160 cm³/mol. The van der Waals surface area contributed by atoms with Crippen LogP contribution in [0.3, 0.4) is 0 Å². The first-order valence-corrected chi connectivity index (χ1v) is 14.4. The molecule has 212 valence electrons. The molecule has 1 amide bonds. The van der Waals surface area contributed by atoms with E-state index < -0.39 is 29.6 Å². The van der Waals surface area contributed by atoms with Crippen molar-refractivity contribution in [3.63, 3.8) is 0 Å². The number of hydrogen-bond donors (Lipinski definition) is 1. The van der Waals surface area contributed by atoms with Crippen molar-refractivity contribution in [3.8, 4) is 5.88 Å². The van der Waals surface area contributed by atoms with Gasteiger partial charge in [0.2, 0.25) is 11.8 Å². The normalized spacial score (nSPS) is 17.9. The molecule has 0 unspecified atom stereocenters. The second kappa shape index (κ2) is 12.6. The zero-order chi connectivity index (χ0) is 28.9. The Balaban J connectivity index is 1.56. The van der Waals surface area contributed by atoms with Gasteiger partial charge in [-0.15, -0.1) is 17.9 Å². The third kappa shape index (κ3) is 6.70. The molecule has 40 heavy (non-hydrogen) atoms. The maximum Gasteiger partial charge on any atom is 0.328 e. The van der Waals surface area contributed by atoms with E-state index in [1.54, 1.807) is 17.2 Å². The number of unbranched alkanes of at least 4 members (excludes halogenated alkanes) is 1. The second-order valence-electron chi connectivity index (χ2n) is 11.1. The lowest BCUT2D eigenvalue weighted by Gasteiger charge is -2.35. The molecule has 3 heterocycles. The van der Waals surface area contributed by atoms with Crippen LogP contribution in [0.15, 0.2) is 55.1 Å². The highest BCUT2D eigenvalue weighted by Crippen LogP contribution is 2.32. The number of pyridine rings is 1. The topological polar surface area (TPSA) is 93.7 Å². The molecule has 0 saturated carbocycles. The van der Waals surface area contributed by atoms with Crippen molar-refractivity contribution in [1.29, 1.82) is 0 Å². The summed E-state index contributed by atoms with van der Waals surface area (Å²) in [5, 5.41) is 7.89. The number of nitrogens with zero attached hydrogens (tertiary/aromatic N) is 3. The number of nitrogens with one attached hydrogen (secondary N) is 1. The summed E-state index contributed by atoms with van der Waals surface area (Å²) in [5.41, 5.74) is 1.48. The molecule has 2 aromatic heterocycles. The molecule has 3 atom stereocenters. The molecule has 1 aromatic carbocycles. The van der Waals surface area contributed by atoms with Crippen LogP contribution in [0, 0.1) is 5.41 Å². The summed E-state index contributed by atoms with van der Waals surface area (Å²) >= 11 is 1.48. The molecule has 0 aliphatic carbocycles. The van der Waals surface area contributed by atoms with Crippen molar-refractivity contribution in [3.05, 3.63) is 66.3 Å². The van der Waals surface area contributed by atoms with E-state index in [1.165, 1.54) is 18.4 Å². The van der Waals surface area contributed by atoms with Gasteiger partial charge in [0.25, 0.3) is 0 Å². The number of carbonyl (C=O) groups is 2. The number of amides is 1. The van der Waals surface area contributed by atoms with Crippen LogP contribution in [-0.2, 0) is 20.7 Å². The van der Waals surface area contributed by atoms with Crippen LogP contribution in [0.1, 0.15) is 51.3 Å². The molecule has 0 bridgehead atoms. The third-order valence-corrected chi connectivity index (χ3v) is 7.88. The van der Waals surface area contributed by atoms with Crippen molar-refractivity contribution in [2.24, 2.45) is 5.41 Å². The summed E-state index contributed by atoms with van der Waals surface area (Å²) in [6, 6.07) is 6.48. The minimum Gasteiger partial charge on any atom is -0.472 e. The number of esters is 1. The molecule has 1 saturated heterocycles. The van der Waals surface area contributed by atoms with Crippen molar-refractivity contribution < 1.29 is 19.1 Å². The number of fused-ring (bicyclic) bond motifs is 1. The Hall–Kier alpha value is -3.72. The summed E-state index contributed by atoms with van der Waals surface area (Å²) < 4.78 is 11.4. The average Bonchev–Trinajstić information content (AvgIpc) is 3.57. The average molecular weight is 563 g/mol. The minimum absolute atomic E-state index is 0.197. The number of anilines is 1. The first-order chi connectivity index (χ1) is 19.1. The van der Waals surface area contributed by atoms with Gasteiger partial charge in [-0.1, -0.05) is 51.6 Å². The van der Waals surface area contributed by atoms with E-state index in [2.05, 4.69) is 23.5 Å². The van der Waals surface area contributed by atoms with Crippen LogP contribution in [0.25, 0.3) is 16.8 Å². The summed E-state index contributed by atoms with van der Waals surface area (Å²) in [6.45, 7) is 13.8. The summed E-state index contributed by atoms with van der Waals surface area (Å²) in [4.78, 5) is 37.7. The molecule has 1 N–H and O–H groups in total. The smallest absolute Gasteiger partial charge is 0.328 e. The summed E-state index contributed by atoms with van der Waals surface area (Å²) in [5.74, 6) is -0.204. The van der Waals surface area contributed by atoms with E-state index in [4.69, 9.17) is 14.5 Å². The molecule has 8 nitrogen and oxygen atoms in total. The number of thiazole rings is 1. The van der Waals surface area contributed by atoms with Crippen molar-refractivity contribution in [2.45, 2.75) is 64.6 Å². The number of rotatable bonds is 11. The monoisotopic (exact) mass is 562 g/mol. The fourth-order valence-corrected chi connectivity index (χ4v) is 5.65. The first kappa shape index (κ1) is 29.3. The molecule has 4 rings (SSSR count). The number of hydrogen-bond acceptors (Lipinski definition) is 8. The second-order valence-corrected chi connectivity index (χ2v) is 11.9. The van der Waals surface area contributed by atoms with Crippen LogP contribution < -0.4 is 10.1 Å². The van der Waals surface area contributed by atoms with Gasteiger partial charge in [0, 0.05) is 23.4 Å². The van der Waals surface area contributed by atoms with Gasteiger partial charge in [-0.3, -0.25) is 4.79 Å². The SMILES string of the molecule is C=CCCCc1csc(N[C@H](C(=O)N2C[C@H](Oc3nccc4ccc(C=C)cc34)C[C@H]2C(=O)OC)C(C)(C)C)n1. The van der Waals surface area contributed by atoms with Gasteiger partial charge < -0.3 is 19.7 Å². The Morgan fingerprint density at radius 1 is 1.27 bits per heavy atom. The van der Waals surface area contributed by atoms with Crippen LogP contribution in [0.5, 0.6) is 5.88 Å². The molecule has 1 aliphatic rings. The number of ether oxygens (including phenoxy) is 2. The standard InChI is InChI=1S/C31H38N4O4S/c1-7-9-10-11-22-19-40-30(33-22)34-26(31(3,4)5)28(36)35-18-23(17-25(35)29(37)38-6)39-27-24-16-20(8-2)12-13-21(24)14-15-32-27/h7-8,12-16,19,23,25-26H,1-2,9-11,17-18H2,3-6H3,(H,33,34)/t23-,25+,26-/m1/s1. The highest BCUT2D eigenvalue weighted by molar-refractivity contribution is 7.13. The zero-order valence-electron chi connectivity index (χ0n) is 23.7. The Kier molecular flexibility index (Phi) is 9.25. The molecular weight excluding hydrogens is 524 g/mol. The van der Waals surface area contributed by atoms with E-state index in [0.29, 0.717) is 17.4 Å². The fraction of sp³-hybridized carbons (Fsp3) is 0.419. The number of likely N-dealkylation sites (tertiary alicyclic amines) is 1. The predicted octanol–water partition coefficient (Wildman–Crippen LogP) is 5.89. The van der Waals surface area contributed by atoms with Gasteiger partial charge in [0.05, 0.1) is 19.3 Å². The van der Waals surface area contributed by atoms with Crippen LogP contribution in [-0.4, -0.2) is 58.6 Å². The maximum absolute atomic E-state index is 14.1. The van der Waals surface area contributed by atoms with Gasteiger partial charge in [-0.05, 0) is 47.8 Å². The summed E-state index contributed by atoms with van der Waals surface area (Å²) in [7, 11) is 1.34. The highest BCUT2D eigenvalue weighted by atomic mass is 32.1. The Labute approximate surface area is 240 Å². The number of aryl methyl sites for hydroxylation is 1. The minimum atomic E-state index is -0.765. The molecule has 1 aliphatic heterocycles. The van der Waals surface area contributed by atoms with Gasteiger partial charge >= 0.3 is 5.97 Å². The summed E-state index contributed by atoms with van der Waals surface area (Å²) in [6.07, 6.45) is 8.00. The molecule has 0 radical (unpaired) electrons. The Morgan fingerprint density at radius 2 is 2.08 bits per heavy atom. The highest BCUT2D eigenvalue weighted by Gasteiger charge is 2.46.